The number of rotatable bonds is 8. The van der Waals surface area contributed by atoms with Gasteiger partial charge in [-0.25, -0.2) is 0 Å². The van der Waals surface area contributed by atoms with E-state index in [1.165, 1.54) is 5.56 Å². The molecule has 2 atom stereocenters. The van der Waals surface area contributed by atoms with Crippen LogP contribution in [0.15, 0.2) is 72.8 Å². The van der Waals surface area contributed by atoms with Crippen LogP contribution in [0.4, 0.5) is 0 Å². The van der Waals surface area contributed by atoms with Crippen molar-refractivity contribution >= 4 is 12.6 Å². The van der Waals surface area contributed by atoms with Crippen molar-refractivity contribution in [1.29, 1.82) is 0 Å². The van der Waals surface area contributed by atoms with Gasteiger partial charge in [-0.05, 0) is 107 Å². The summed E-state index contributed by atoms with van der Waals surface area (Å²) >= 11 is 0. The summed E-state index contributed by atoms with van der Waals surface area (Å²) in [7, 11) is -0.401. The quantitative estimate of drug-likeness (QED) is 0.207. The van der Waals surface area contributed by atoms with E-state index in [-0.39, 0.29) is 23.8 Å². The van der Waals surface area contributed by atoms with Crippen LogP contribution < -0.4 is 14.9 Å². The molecule has 0 N–H and O–H groups in total. The summed E-state index contributed by atoms with van der Waals surface area (Å²) < 4.78 is 36.5. The fraction of sp³-hybridized carbons (Fsp3) is 0.500. The maximum atomic E-state index is 6.33. The number of benzene rings is 3. The van der Waals surface area contributed by atoms with E-state index in [0.29, 0.717) is 0 Å². The lowest BCUT2D eigenvalue weighted by atomic mass is 9.69. The molecule has 0 bridgehead atoms. The molecule has 3 aliphatic heterocycles. The van der Waals surface area contributed by atoms with Gasteiger partial charge in [0.1, 0.15) is 11.5 Å². The fourth-order valence-electron chi connectivity index (χ4n) is 6.10. The average Bonchev–Trinajstić information content (AvgIpc) is 3.25. The highest BCUT2D eigenvalue weighted by Crippen LogP contribution is 2.41. The molecule has 0 amide bonds. The second-order valence-electron chi connectivity index (χ2n) is 13.2. The topological polar surface area (TPSA) is 55.4 Å². The molecule has 3 fully saturated rings. The van der Waals surface area contributed by atoms with Gasteiger partial charge in [0, 0.05) is 18.3 Å². The van der Waals surface area contributed by atoms with E-state index < -0.39 is 12.5 Å². The number of ether oxygens (including phenoxy) is 4. The van der Waals surface area contributed by atoms with Crippen molar-refractivity contribution in [2.75, 3.05) is 13.2 Å². The molecule has 0 radical (unpaired) electrons. The molecular weight excluding hydrogens is 539 g/mol. The van der Waals surface area contributed by atoms with Crippen LogP contribution >= 0.6 is 0 Å². The van der Waals surface area contributed by atoms with Crippen LogP contribution in [0.2, 0.25) is 0 Å². The molecule has 6 rings (SSSR count). The molecule has 0 aromatic heterocycles. The molecule has 228 valence electrons. The minimum Gasteiger partial charge on any atom is -0.465 e. The average molecular weight is 585 g/mol. The van der Waals surface area contributed by atoms with Gasteiger partial charge in [0.15, 0.2) is 12.6 Å². The normalized spacial score (nSPS) is 24.7. The Morgan fingerprint density at radius 3 is 1.37 bits per heavy atom. The molecule has 0 spiro atoms. The zero-order valence-corrected chi connectivity index (χ0v) is 26.3. The summed E-state index contributed by atoms with van der Waals surface area (Å²) in [5.41, 5.74) is 3.30. The largest absolute Gasteiger partial charge is 0.494 e. The van der Waals surface area contributed by atoms with Crippen LogP contribution in [0.1, 0.15) is 89.8 Å². The molecular formula is C36H45BO6. The van der Waals surface area contributed by atoms with Crippen molar-refractivity contribution in [1.82, 2.24) is 0 Å². The second-order valence-corrected chi connectivity index (χ2v) is 13.2. The summed E-state index contributed by atoms with van der Waals surface area (Å²) in [5.74, 6) is 1.65. The summed E-state index contributed by atoms with van der Waals surface area (Å²) in [6.07, 6.45) is 5.97. The van der Waals surface area contributed by atoms with Crippen molar-refractivity contribution < 1.29 is 28.3 Å². The molecule has 0 aliphatic carbocycles. The molecule has 0 saturated carbocycles. The van der Waals surface area contributed by atoms with Gasteiger partial charge >= 0.3 is 7.12 Å². The Balaban J connectivity index is 1.29. The lowest BCUT2D eigenvalue weighted by Gasteiger charge is -2.33. The zero-order valence-electron chi connectivity index (χ0n) is 26.3. The van der Waals surface area contributed by atoms with Gasteiger partial charge in [0.25, 0.3) is 0 Å². The molecule has 3 aliphatic rings. The van der Waals surface area contributed by atoms with E-state index in [2.05, 4.69) is 107 Å². The van der Waals surface area contributed by atoms with Crippen molar-refractivity contribution in [3.63, 3.8) is 0 Å². The summed E-state index contributed by atoms with van der Waals surface area (Å²) in [6.45, 7) is 12.1. The van der Waals surface area contributed by atoms with E-state index >= 15 is 0 Å². The van der Waals surface area contributed by atoms with Gasteiger partial charge in [-0.2, -0.15) is 0 Å². The highest BCUT2D eigenvalue weighted by atomic mass is 16.7. The first-order chi connectivity index (χ1) is 20.6. The first-order valence-corrected chi connectivity index (χ1v) is 15.9. The van der Waals surface area contributed by atoms with Gasteiger partial charge in [-0.15, -0.1) is 0 Å². The second kappa shape index (κ2) is 12.3. The van der Waals surface area contributed by atoms with Crippen molar-refractivity contribution in [3.8, 4) is 11.5 Å². The predicted octanol–water partition coefficient (Wildman–Crippen LogP) is 7.15. The number of hydrogen-bond acceptors (Lipinski definition) is 6. The third-order valence-electron chi connectivity index (χ3n) is 9.69. The Labute approximate surface area is 257 Å². The van der Waals surface area contributed by atoms with Gasteiger partial charge in [-0.3, -0.25) is 0 Å². The molecule has 2 unspecified atom stereocenters. The van der Waals surface area contributed by atoms with E-state index in [9.17, 15) is 0 Å². The SMILES string of the molecule is CC(c1ccc(OC2CCCCO2)cc1)(c1ccc(OC2CCCCO2)cc1)c1ccc(B2OC(C)(C)C(C)(C)O2)cc1. The fourth-order valence-corrected chi connectivity index (χ4v) is 6.10. The van der Waals surface area contributed by atoms with E-state index in [4.69, 9.17) is 28.3 Å². The summed E-state index contributed by atoms with van der Waals surface area (Å²) in [6, 6.07) is 25.6. The third kappa shape index (κ3) is 6.37. The first-order valence-electron chi connectivity index (χ1n) is 15.9. The molecule has 7 heteroatoms. The molecule has 43 heavy (non-hydrogen) atoms. The minimum atomic E-state index is -0.436. The lowest BCUT2D eigenvalue weighted by molar-refractivity contribution is -0.106. The molecule has 3 heterocycles. The van der Waals surface area contributed by atoms with Gasteiger partial charge in [-0.1, -0.05) is 48.5 Å². The standard InChI is InChI=1S/C36H45BO6/c1-34(2)35(3,4)43-37(42-34)29-18-12-26(13-19-29)36(5,27-14-20-30(21-15-27)40-32-10-6-8-24-38-32)28-16-22-31(23-17-28)41-33-11-7-9-25-39-33/h12-23,32-33H,6-11,24-25H2,1-5H3. The Kier molecular flexibility index (Phi) is 8.62. The maximum Gasteiger partial charge on any atom is 0.494 e. The molecule has 3 aromatic rings. The van der Waals surface area contributed by atoms with Crippen LogP contribution in [0.5, 0.6) is 11.5 Å². The Morgan fingerprint density at radius 2 is 1.00 bits per heavy atom. The van der Waals surface area contributed by atoms with Crippen LogP contribution in [0.3, 0.4) is 0 Å². The summed E-state index contributed by atoms with van der Waals surface area (Å²) in [4.78, 5) is 0. The highest BCUT2D eigenvalue weighted by Gasteiger charge is 2.51. The minimum absolute atomic E-state index is 0.172. The van der Waals surface area contributed by atoms with Crippen LogP contribution in [-0.4, -0.2) is 44.1 Å². The van der Waals surface area contributed by atoms with Crippen LogP contribution in [0.25, 0.3) is 0 Å². The Morgan fingerprint density at radius 1 is 0.605 bits per heavy atom. The first kappa shape index (κ1) is 30.2. The van der Waals surface area contributed by atoms with Gasteiger partial charge in [0.2, 0.25) is 0 Å². The maximum absolute atomic E-state index is 6.33. The Bertz CT molecular complexity index is 1260. The van der Waals surface area contributed by atoms with Gasteiger partial charge < -0.3 is 28.3 Å². The number of hydrogen-bond donors (Lipinski definition) is 0. The highest BCUT2D eigenvalue weighted by molar-refractivity contribution is 6.62. The monoisotopic (exact) mass is 584 g/mol. The molecule has 6 nitrogen and oxygen atoms in total. The Hall–Kier alpha value is -2.84. The van der Waals surface area contributed by atoms with Crippen LogP contribution in [0, 0.1) is 0 Å². The van der Waals surface area contributed by atoms with E-state index in [0.717, 1.165) is 79.8 Å². The van der Waals surface area contributed by atoms with E-state index in [1.807, 2.05) is 0 Å². The lowest BCUT2D eigenvalue weighted by Crippen LogP contribution is -2.41. The summed E-state index contributed by atoms with van der Waals surface area (Å²) in [5, 5.41) is 0. The molecule has 3 saturated heterocycles. The zero-order chi connectivity index (χ0) is 30.1. The predicted molar refractivity (Wildman–Crippen MR) is 169 cm³/mol. The van der Waals surface area contributed by atoms with Gasteiger partial charge in [0.05, 0.1) is 24.4 Å². The van der Waals surface area contributed by atoms with E-state index in [1.54, 1.807) is 0 Å². The van der Waals surface area contributed by atoms with Crippen molar-refractivity contribution in [2.24, 2.45) is 0 Å². The third-order valence-corrected chi connectivity index (χ3v) is 9.69. The van der Waals surface area contributed by atoms with Crippen LogP contribution in [-0.2, 0) is 24.2 Å². The van der Waals surface area contributed by atoms with Crippen molar-refractivity contribution in [2.45, 2.75) is 102 Å². The molecule has 3 aromatic carbocycles. The van der Waals surface area contributed by atoms with Crippen molar-refractivity contribution in [3.05, 3.63) is 89.5 Å². The smallest absolute Gasteiger partial charge is 0.465 e.